The van der Waals surface area contributed by atoms with E-state index in [1.54, 1.807) is 30.3 Å². The van der Waals surface area contributed by atoms with Gasteiger partial charge < -0.3 is 20.5 Å². The van der Waals surface area contributed by atoms with Gasteiger partial charge in [0.05, 0.1) is 0 Å². The molecule has 0 aliphatic rings. The zero-order valence-corrected chi connectivity index (χ0v) is 10.3. The van der Waals surface area contributed by atoms with Gasteiger partial charge >= 0.3 is 0 Å². The standard InChI is InChI=1S/C14H11N3O3/c15-10-4-1-8(2-5-10)14-16-13(17-20-14)9-3-6-11(18)12(19)7-9/h1-7,18-19H,15H2. The lowest BCUT2D eigenvalue weighted by Gasteiger charge is -1.98. The number of nitrogens with two attached hydrogens (primary N) is 1. The van der Waals surface area contributed by atoms with E-state index in [-0.39, 0.29) is 11.5 Å². The van der Waals surface area contributed by atoms with E-state index in [4.69, 9.17) is 10.3 Å². The van der Waals surface area contributed by atoms with Crippen LogP contribution in [0.1, 0.15) is 0 Å². The molecule has 2 aromatic carbocycles. The number of anilines is 1. The Bertz CT molecular complexity index is 751. The first-order chi connectivity index (χ1) is 9.63. The van der Waals surface area contributed by atoms with Gasteiger partial charge in [0.15, 0.2) is 11.5 Å². The van der Waals surface area contributed by atoms with E-state index in [0.29, 0.717) is 23.0 Å². The predicted octanol–water partition coefficient (Wildman–Crippen LogP) is 2.40. The highest BCUT2D eigenvalue weighted by Gasteiger charge is 2.12. The van der Waals surface area contributed by atoms with Gasteiger partial charge in [-0.05, 0) is 42.5 Å². The third kappa shape index (κ3) is 2.14. The summed E-state index contributed by atoms with van der Waals surface area (Å²) in [5, 5.41) is 22.6. The van der Waals surface area contributed by atoms with Gasteiger partial charge in [0.1, 0.15) is 0 Å². The minimum Gasteiger partial charge on any atom is -0.504 e. The van der Waals surface area contributed by atoms with Crippen LogP contribution >= 0.6 is 0 Å². The molecule has 100 valence electrons. The van der Waals surface area contributed by atoms with E-state index in [1.807, 2.05) is 0 Å². The molecule has 0 bridgehead atoms. The Hall–Kier alpha value is -3.02. The molecule has 0 amide bonds. The monoisotopic (exact) mass is 269 g/mol. The predicted molar refractivity (Wildman–Crippen MR) is 72.9 cm³/mol. The zero-order valence-electron chi connectivity index (χ0n) is 10.3. The number of benzene rings is 2. The van der Waals surface area contributed by atoms with Crippen LogP contribution in [0.4, 0.5) is 5.69 Å². The lowest BCUT2D eigenvalue weighted by atomic mass is 10.2. The molecule has 0 atom stereocenters. The zero-order chi connectivity index (χ0) is 14.1. The number of phenols is 2. The van der Waals surface area contributed by atoms with E-state index >= 15 is 0 Å². The van der Waals surface area contributed by atoms with Crippen molar-refractivity contribution in [3.8, 4) is 34.3 Å². The molecular weight excluding hydrogens is 258 g/mol. The van der Waals surface area contributed by atoms with Crippen molar-refractivity contribution in [2.24, 2.45) is 0 Å². The fourth-order valence-electron chi connectivity index (χ4n) is 1.75. The van der Waals surface area contributed by atoms with Crippen molar-refractivity contribution in [1.82, 2.24) is 10.1 Å². The maximum absolute atomic E-state index is 9.47. The number of aromatic nitrogens is 2. The summed E-state index contributed by atoms with van der Waals surface area (Å²) < 4.78 is 5.17. The summed E-state index contributed by atoms with van der Waals surface area (Å²) >= 11 is 0. The summed E-state index contributed by atoms with van der Waals surface area (Å²) in [6.07, 6.45) is 0. The minimum absolute atomic E-state index is 0.198. The Morgan fingerprint density at radius 3 is 2.30 bits per heavy atom. The van der Waals surface area contributed by atoms with E-state index in [9.17, 15) is 10.2 Å². The number of nitrogen functional groups attached to an aromatic ring is 1. The average molecular weight is 269 g/mol. The molecule has 6 heteroatoms. The first-order valence-electron chi connectivity index (χ1n) is 5.85. The molecular formula is C14H11N3O3. The van der Waals surface area contributed by atoms with Gasteiger partial charge in [0.2, 0.25) is 5.82 Å². The van der Waals surface area contributed by atoms with Crippen LogP contribution in [0.3, 0.4) is 0 Å². The minimum atomic E-state index is -0.235. The summed E-state index contributed by atoms with van der Waals surface area (Å²) in [6.45, 7) is 0. The Morgan fingerprint density at radius 2 is 1.60 bits per heavy atom. The number of rotatable bonds is 2. The van der Waals surface area contributed by atoms with Gasteiger partial charge in [0, 0.05) is 16.8 Å². The third-order valence-electron chi connectivity index (χ3n) is 2.82. The van der Waals surface area contributed by atoms with Gasteiger partial charge in [-0.3, -0.25) is 0 Å². The van der Waals surface area contributed by atoms with Gasteiger partial charge in [-0.1, -0.05) is 5.16 Å². The number of nitrogens with zero attached hydrogens (tertiary/aromatic N) is 2. The van der Waals surface area contributed by atoms with Crippen LogP contribution in [0.15, 0.2) is 47.0 Å². The van der Waals surface area contributed by atoms with Gasteiger partial charge in [-0.2, -0.15) is 4.98 Å². The molecule has 0 saturated heterocycles. The van der Waals surface area contributed by atoms with Crippen LogP contribution in [0.2, 0.25) is 0 Å². The molecule has 0 aliphatic heterocycles. The Balaban J connectivity index is 1.97. The topological polar surface area (TPSA) is 105 Å². The number of hydrogen-bond donors (Lipinski definition) is 3. The number of aromatic hydroxyl groups is 2. The molecule has 3 rings (SSSR count). The smallest absolute Gasteiger partial charge is 0.258 e. The summed E-state index contributed by atoms with van der Waals surface area (Å²) in [5.41, 5.74) is 7.56. The molecule has 0 radical (unpaired) electrons. The van der Waals surface area contributed by atoms with Gasteiger partial charge in [-0.15, -0.1) is 0 Å². The maximum atomic E-state index is 9.47. The van der Waals surface area contributed by atoms with Crippen LogP contribution in [0.25, 0.3) is 22.8 Å². The summed E-state index contributed by atoms with van der Waals surface area (Å²) in [7, 11) is 0. The van der Waals surface area contributed by atoms with Crippen LogP contribution in [0.5, 0.6) is 11.5 Å². The quantitative estimate of drug-likeness (QED) is 0.487. The Labute approximate surface area is 114 Å². The van der Waals surface area contributed by atoms with Crippen LogP contribution in [0, 0.1) is 0 Å². The van der Waals surface area contributed by atoms with Crippen molar-refractivity contribution in [3.63, 3.8) is 0 Å². The van der Waals surface area contributed by atoms with Crippen molar-refractivity contribution in [1.29, 1.82) is 0 Å². The van der Waals surface area contributed by atoms with Crippen LogP contribution < -0.4 is 5.73 Å². The lowest BCUT2D eigenvalue weighted by molar-refractivity contribution is 0.404. The number of hydrogen-bond acceptors (Lipinski definition) is 6. The van der Waals surface area contributed by atoms with Crippen molar-refractivity contribution in [2.45, 2.75) is 0 Å². The van der Waals surface area contributed by atoms with Crippen molar-refractivity contribution >= 4 is 5.69 Å². The second-order valence-electron chi connectivity index (χ2n) is 4.25. The highest BCUT2D eigenvalue weighted by molar-refractivity contribution is 5.63. The maximum Gasteiger partial charge on any atom is 0.258 e. The van der Waals surface area contributed by atoms with Crippen LogP contribution in [-0.4, -0.2) is 20.4 Å². The van der Waals surface area contributed by atoms with E-state index in [0.717, 1.165) is 5.56 Å². The first kappa shape index (κ1) is 12.0. The largest absolute Gasteiger partial charge is 0.504 e. The van der Waals surface area contributed by atoms with E-state index in [2.05, 4.69) is 10.1 Å². The van der Waals surface area contributed by atoms with Crippen LogP contribution in [-0.2, 0) is 0 Å². The number of phenolic OH excluding ortho intramolecular Hbond substituents is 2. The fraction of sp³-hybridized carbons (Fsp3) is 0. The van der Waals surface area contributed by atoms with Crippen molar-refractivity contribution in [2.75, 3.05) is 5.73 Å². The van der Waals surface area contributed by atoms with Crippen molar-refractivity contribution < 1.29 is 14.7 Å². The summed E-state index contributed by atoms with van der Waals surface area (Å²) in [5.74, 6) is 0.247. The van der Waals surface area contributed by atoms with Crippen molar-refractivity contribution in [3.05, 3.63) is 42.5 Å². The summed E-state index contributed by atoms with van der Waals surface area (Å²) in [6, 6.07) is 11.4. The fourth-order valence-corrected chi connectivity index (χ4v) is 1.75. The second-order valence-corrected chi connectivity index (χ2v) is 4.25. The van der Waals surface area contributed by atoms with E-state index in [1.165, 1.54) is 12.1 Å². The molecule has 0 spiro atoms. The molecule has 0 aliphatic carbocycles. The normalized spacial score (nSPS) is 10.6. The third-order valence-corrected chi connectivity index (χ3v) is 2.82. The molecule has 1 aromatic heterocycles. The average Bonchev–Trinajstić information content (AvgIpc) is 2.92. The molecule has 3 aromatic rings. The van der Waals surface area contributed by atoms with Gasteiger partial charge in [-0.25, -0.2) is 0 Å². The van der Waals surface area contributed by atoms with Gasteiger partial charge in [0.25, 0.3) is 5.89 Å². The first-order valence-corrected chi connectivity index (χ1v) is 5.85. The molecule has 20 heavy (non-hydrogen) atoms. The Morgan fingerprint density at radius 1 is 0.900 bits per heavy atom. The molecule has 0 fully saturated rings. The Kier molecular flexibility index (Phi) is 2.76. The lowest BCUT2D eigenvalue weighted by Crippen LogP contribution is -1.84. The SMILES string of the molecule is Nc1ccc(-c2nc(-c3ccc(O)c(O)c3)no2)cc1. The summed E-state index contributed by atoms with van der Waals surface area (Å²) in [4.78, 5) is 4.24. The highest BCUT2D eigenvalue weighted by atomic mass is 16.5. The van der Waals surface area contributed by atoms with E-state index < -0.39 is 0 Å². The molecule has 6 nitrogen and oxygen atoms in total. The second kappa shape index (κ2) is 4.58. The molecule has 4 N–H and O–H groups in total. The molecule has 0 unspecified atom stereocenters. The highest BCUT2D eigenvalue weighted by Crippen LogP contribution is 2.30. The molecule has 1 heterocycles. The molecule has 0 saturated carbocycles.